The molecule has 0 aromatic carbocycles. The predicted octanol–water partition coefficient (Wildman–Crippen LogP) is 4.36. The highest BCUT2D eigenvalue weighted by molar-refractivity contribution is 9.10. The van der Waals surface area contributed by atoms with Crippen molar-refractivity contribution in [2.75, 3.05) is 11.1 Å². The number of rotatable bonds is 6. The SMILES string of the molecule is Cc1c(N)cnc(NC(C)CCCC(C)C)c1Br. The van der Waals surface area contributed by atoms with Gasteiger partial charge in [0.15, 0.2) is 0 Å². The molecule has 0 aliphatic rings. The maximum absolute atomic E-state index is 5.81. The summed E-state index contributed by atoms with van der Waals surface area (Å²) in [6.07, 6.45) is 5.40. The number of hydrogen-bond acceptors (Lipinski definition) is 3. The molecule has 1 aromatic rings. The van der Waals surface area contributed by atoms with Crippen molar-refractivity contribution in [2.24, 2.45) is 5.92 Å². The van der Waals surface area contributed by atoms with Crippen molar-refractivity contribution in [1.29, 1.82) is 0 Å². The van der Waals surface area contributed by atoms with Crippen LogP contribution >= 0.6 is 15.9 Å². The summed E-state index contributed by atoms with van der Waals surface area (Å²) in [7, 11) is 0. The molecule has 0 saturated heterocycles. The van der Waals surface area contributed by atoms with E-state index >= 15 is 0 Å². The van der Waals surface area contributed by atoms with Crippen molar-refractivity contribution >= 4 is 27.4 Å². The molecule has 0 radical (unpaired) electrons. The van der Waals surface area contributed by atoms with Gasteiger partial charge in [-0.1, -0.05) is 26.7 Å². The molecule has 1 aromatic heterocycles. The first kappa shape index (κ1) is 15.3. The molecule has 18 heavy (non-hydrogen) atoms. The van der Waals surface area contributed by atoms with E-state index in [1.807, 2.05) is 6.92 Å². The Labute approximate surface area is 119 Å². The molecule has 0 saturated carbocycles. The first-order chi connectivity index (χ1) is 8.41. The number of hydrogen-bond donors (Lipinski definition) is 2. The molecule has 3 N–H and O–H groups in total. The Kier molecular flexibility index (Phi) is 5.93. The van der Waals surface area contributed by atoms with Crippen LogP contribution in [0.25, 0.3) is 0 Å². The van der Waals surface area contributed by atoms with Crippen molar-refractivity contribution in [3.63, 3.8) is 0 Å². The second kappa shape index (κ2) is 6.98. The molecule has 102 valence electrons. The minimum atomic E-state index is 0.426. The van der Waals surface area contributed by atoms with Gasteiger partial charge < -0.3 is 11.1 Å². The smallest absolute Gasteiger partial charge is 0.140 e. The number of anilines is 2. The van der Waals surface area contributed by atoms with E-state index in [1.165, 1.54) is 12.8 Å². The highest BCUT2D eigenvalue weighted by atomic mass is 79.9. The highest BCUT2D eigenvalue weighted by Crippen LogP contribution is 2.28. The fraction of sp³-hybridized carbons (Fsp3) is 0.643. The van der Waals surface area contributed by atoms with Gasteiger partial charge in [-0.05, 0) is 47.7 Å². The number of pyridine rings is 1. The molecule has 1 rings (SSSR count). The summed E-state index contributed by atoms with van der Waals surface area (Å²) >= 11 is 3.55. The Bertz CT molecular complexity index is 391. The maximum atomic E-state index is 5.81. The number of nitrogen functional groups attached to an aromatic ring is 1. The van der Waals surface area contributed by atoms with E-state index in [2.05, 4.69) is 47.0 Å². The third-order valence-corrected chi connectivity index (χ3v) is 4.07. The molecule has 0 aliphatic carbocycles. The number of halogens is 1. The van der Waals surface area contributed by atoms with Crippen LogP contribution in [-0.4, -0.2) is 11.0 Å². The van der Waals surface area contributed by atoms with Crippen LogP contribution in [0, 0.1) is 12.8 Å². The summed E-state index contributed by atoms with van der Waals surface area (Å²) in [5.41, 5.74) is 7.58. The van der Waals surface area contributed by atoms with Crippen LogP contribution in [0.1, 0.15) is 45.6 Å². The van der Waals surface area contributed by atoms with Gasteiger partial charge >= 0.3 is 0 Å². The normalized spacial score (nSPS) is 12.8. The third kappa shape index (κ3) is 4.48. The van der Waals surface area contributed by atoms with Crippen LogP contribution in [0.5, 0.6) is 0 Å². The van der Waals surface area contributed by atoms with Gasteiger partial charge in [0.05, 0.1) is 16.4 Å². The number of nitrogens with two attached hydrogens (primary N) is 1. The first-order valence-corrected chi connectivity index (χ1v) is 7.38. The lowest BCUT2D eigenvalue weighted by Crippen LogP contribution is -2.17. The van der Waals surface area contributed by atoms with Crippen molar-refractivity contribution in [3.8, 4) is 0 Å². The average Bonchev–Trinajstić information content (AvgIpc) is 2.29. The van der Waals surface area contributed by atoms with Crippen molar-refractivity contribution in [2.45, 2.75) is 53.0 Å². The molecular formula is C14H24BrN3. The van der Waals surface area contributed by atoms with Gasteiger partial charge in [0.1, 0.15) is 5.82 Å². The van der Waals surface area contributed by atoms with Gasteiger partial charge in [-0.15, -0.1) is 0 Å². The van der Waals surface area contributed by atoms with Crippen LogP contribution in [0.3, 0.4) is 0 Å². The Hall–Kier alpha value is -0.770. The largest absolute Gasteiger partial charge is 0.397 e. The summed E-state index contributed by atoms with van der Waals surface area (Å²) in [6, 6.07) is 0.426. The third-order valence-electron chi connectivity index (χ3n) is 3.10. The van der Waals surface area contributed by atoms with Gasteiger partial charge in [0.25, 0.3) is 0 Å². The number of nitrogens with zero attached hydrogens (tertiary/aromatic N) is 1. The van der Waals surface area contributed by atoms with Crippen LogP contribution in [0.2, 0.25) is 0 Å². The molecule has 1 unspecified atom stereocenters. The number of nitrogens with one attached hydrogen (secondary N) is 1. The van der Waals surface area contributed by atoms with Crippen LogP contribution in [0.4, 0.5) is 11.5 Å². The fourth-order valence-electron chi connectivity index (χ4n) is 1.83. The van der Waals surface area contributed by atoms with Crippen LogP contribution in [-0.2, 0) is 0 Å². The number of aromatic nitrogens is 1. The van der Waals surface area contributed by atoms with Gasteiger partial charge in [-0.3, -0.25) is 0 Å². The van der Waals surface area contributed by atoms with Gasteiger partial charge in [0.2, 0.25) is 0 Å². The van der Waals surface area contributed by atoms with Gasteiger partial charge in [-0.2, -0.15) is 0 Å². The lowest BCUT2D eigenvalue weighted by molar-refractivity contribution is 0.520. The summed E-state index contributed by atoms with van der Waals surface area (Å²) in [6.45, 7) is 8.72. The predicted molar refractivity (Wildman–Crippen MR) is 82.9 cm³/mol. The average molecular weight is 314 g/mol. The van der Waals surface area contributed by atoms with E-state index in [0.29, 0.717) is 6.04 Å². The lowest BCUT2D eigenvalue weighted by atomic mass is 10.0. The molecule has 0 fully saturated rings. The molecule has 1 atom stereocenters. The Morgan fingerprint density at radius 1 is 1.33 bits per heavy atom. The molecule has 0 aliphatic heterocycles. The van der Waals surface area contributed by atoms with E-state index in [0.717, 1.165) is 33.9 Å². The van der Waals surface area contributed by atoms with Crippen LogP contribution in [0.15, 0.2) is 10.7 Å². The zero-order valence-electron chi connectivity index (χ0n) is 11.8. The molecule has 0 spiro atoms. The molecule has 1 heterocycles. The summed E-state index contributed by atoms with van der Waals surface area (Å²) in [5.74, 6) is 1.67. The molecule has 0 bridgehead atoms. The Balaban J connectivity index is 2.54. The second-order valence-corrected chi connectivity index (χ2v) is 6.16. The zero-order chi connectivity index (χ0) is 13.7. The highest BCUT2D eigenvalue weighted by Gasteiger charge is 2.10. The summed E-state index contributed by atoms with van der Waals surface area (Å²) in [5, 5.41) is 3.44. The minimum Gasteiger partial charge on any atom is -0.397 e. The van der Waals surface area contributed by atoms with Gasteiger partial charge in [-0.25, -0.2) is 4.98 Å². The minimum absolute atomic E-state index is 0.426. The van der Waals surface area contributed by atoms with Crippen molar-refractivity contribution in [3.05, 3.63) is 16.2 Å². The Morgan fingerprint density at radius 2 is 2.00 bits per heavy atom. The standard InChI is InChI=1S/C14H24BrN3/c1-9(2)6-5-7-10(3)18-14-13(15)11(4)12(16)8-17-14/h8-10H,5-7,16H2,1-4H3,(H,17,18). The van der Waals surface area contributed by atoms with Gasteiger partial charge in [0, 0.05) is 6.04 Å². The summed E-state index contributed by atoms with van der Waals surface area (Å²) in [4.78, 5) is 4.34. The second-order valence-electron chi connectivity index (χ2n) is 5.37. The lowest BCUT2D eigenvalue weighted by Gasteiger charge is -2.17. The first-order valence-electron chi connectivity index (χ1n) is 6.59. The molecular weight excluding hydrogens is 290 g/mol. The van der Waals surface area contributed by atoms with E-state index in [1.54, 1.807) is 6.20 Å². The molecule has 3 nitrogen and oxygen atoms in total. The zero-order valence-corrected chi connectivity index (χ0v) is 13.3. The van der Waals surface area contributed by atoms with E-state index in [4.69, 9.17) is 5.73 Å². The van der Waals surface area contributed by atoms with E-state index in [-0.39, 0.29) is 0 Å². The summed E-state index contributed by atoms with van der Waals surface area (Å²) < 4.78 is 0.971. The van der Waals surface area contributed by atoms with Crippen molar-refractivity contribution in [1.82, 2.24) is 4.98 Å². The quantitative estimate of drug-likeness (QED) is 0.820. The van der Waals surface area contributed by atoms with Crippen molar-refractivity contribution < 1.29 is 0 Å². The van der Waals surface area contributed by atoms with Crippen LogP contribution < -0.4 is 11.1 Å². The van der Waals surface area contributed by atoms with E-state index < -0.39 is 0 Å². The monoisotopic (exact) mass is 313 g/mol. The fourth-order valence-corrected chi connectivity index (χ4v) is 2.28. The molecule has 4 heteroatoms. The topological polar surface area (TPSA) is 50.9 Å². The molecule has 0 amide bonds. The maximum Gasteiger partial charge on any atom is 0.140 e. The van der Waals surface area contributed by atoms with E-state index in [9.17, 15) is 0 Å². The Morgan fingerprint density at radius 3 is 2.61 bits per heavy atom.